The molecule has 1 heterocycles. The van der Waals surface area contributed by atoms with Crippen molar-refractivity contribution in [2.45, 2.75) is 13.0 Å². The maximum absolute atomic E-state index is 13.9. The Hall–Kier alpha value is -2.50. The highest BCUT2D eigenvalue weighted by atomic mass is 19.2. The van der Waals surface area contributed by atoms with Gasteiger partial charge in [-0.3, -0.25) is 0 Å². The Morgan fingerprint density at radius 2 is 1.90 bits per heavy atom. The average Bonchev–Trinajstić information content (AvgIpc) is 2.77. The van der Waals surface area contributed by atoms with Crippen molar-refractivity contribution in [3.05, 3.63) is 59.4 Å². The van der Waals surface area contributed by atoms with E-state index in [1.54, 1.807) is 12.1 Å². The monoisotopic (exact) mass is 291 g/mol. The Bertz CT molecular complexity index is 811. The highest BCUT2D eigenvalue weighted by Gasteiger charge is 2.15. The van der Waals surface area contributed by atoms with Gasteiger partial charge in [-0.2, -0.15) is 0 Å². The molecule has 0 aliphatic rings. The number of fused-ring (bicyclic) bond motifs is 1. The van der Waals surface area contributed by atoms with Crippen LogP contribution < -0.4 is 5.73 Å². The van der Waals surface area contributed by atoms with Gasteiger partial charge in [0.05, 0.1) is 5.52 Å². The van der Waals surface area contributed by atoms with E-state index < -0.39 is 11.6 Å². The highest BCUT2D eigenvalue weighted by Crippen LogP contribution is 2.23. The maximum atomic E-state index is 13.9. The molecule has 0 spiro atoms. The predicted molar refractivity (Wildman–Crippen MR) is 74.2 cm³/mol. The van der Waals surface area contributed by atoms with Crippen LogP contribution in [-0.4, -0.2) is 9.55 Å². The van der Waals surface area contributed by atoms with E-state index >= 15 is 0 Å². The zero-order chi connectivity index (χ0) is 15.0. The van der Waals surface area contributed by atoms with E-state index in [0.29, 0.717) is 11.9 Å². The Morgan fingerprint density at radius 1 is 1.10 bits per heavy atom. The van der Waals surface area contributed by atoms with Crippen molar-refractivity contribution >= 4 is 17.0 Å². The molecule has 0 bridgehead atoms. The highest BCUT2D eigenvalue weighted by molar-refractivity contribution is 5.79. The Balaban J connectivity index is 1.97. The van der Waals surface area contributed by atoms with Crippen LogP contribution in [0.15, 0.2) is 36.4 Å². The van der Waals surface area contributed by atoms with Crippen molar-refractivity contribution in [3.8, 4) is 0 Å². The van der Waals surface area contributed by atoms with Crippen LogP contribution in [0.1, 0.15) is 5.56 Å². The standard InChI is InChI=1S/C15H12F3N3/c16-10-3-1-2-9(8-10)6-7-21-14-12(20-15(21)19)5-4-11(17)13(14)18/h1-5,8H,6-7H2,(H2,19,20). The first-order valence-corrected chi connectivity index (χ1v) is 6.40. The van der Waals surface area contributed by atoms with E-state index in [-0.39, 0.29) is 23.8 Å². The molecule has 0 aliphatic carbocycles. The minimum absolute atomic E-state index is 0.0314. The minimum Gasteiger partial charge on any atom is -0.369 e. The second-order valence-electron chi connectivity index (χ2n) is 4.73. The van der Waals surface area contributed by atoms with Crippen molar-refractivity contribution in [1.29, 1.82) is 0 Å². The first kappa shape index (κ1) is 13.5. The van der Waals surface area contributed by atoms with Crippen LogP contribution >= 0.6 is 0 Å². The summed E-state index contributed by atoms with van der Waals surface area (Å²) in [6.45, 7) is 0.284. The minimum atomic E-state index is -0.976. The summed E-state index contributed by atoms with van der Waals surface area (Å²) in [5, 5.41) is 0. The van der Waals surface area contributed by atoms with Crippen molar-refractivity contribution in [1.82, 2.24) is 9.55 Å². The summed E-state index contributed by atoms with van der Waals surface area (Å²) in [7, 11) is 0. The Labute approximate surface area is 118 Å². The number of rotatable bonds is 3. The summed E-state index contributed by atoms with van der Waals surface area (Å²) in [4.78, 5) is 4.00. The molecule has 0 saturated carbocycles. The Kier molecular flexibility index (Phi) is 3.29. The van der Waals surface area contributed by atoms with Crippen LogP contribution in [0.5, 0.6) is 0 Å². The lowest BCUT2D eigenvalue weighted by Gasteiger charge is -2.07. The molecule has 0 amide bonds. The van der Waals surface area contributed by atoms with Gasteiger partial charge in [-0.25, -0.2) is 18.2 Å². The lowest BCUT2D eigenvalue weighted by atomic mass is 10.1. The van der Waals surface area contributed by atoms with Gasteiger partial charge in [0.2, 0.25) is 5.95 Å². The summed E-state index contributed by atoms with van der Waals surface area (Å²) in [5.41, 5.74) is 6.83. The van der Waals surface area contributed by atoms with Gasteiger partial charge in [0.25, 0.3) is 0 Å². The number of aryl methyl sites for hydroxylation is 2. The molecule has 108 valence electrons. The van der Waals surface area contributed by atoms with Crippen LogP contribution in [0.25, 0.3) is 11.0 Å². The molecular formula is C15H12F3N3. The van der Waals surface area contributed by atoms with E-state index in [1.165, 1.54) is 22.8 Å². The zero-order valence-corrected chi connectivity index (χ0v) is 11.0. The molecule has 2 N–H and O–H groups in total. The normalized spacial score (nSPS) is 11.2. The van der Waals surface area contributed by atoms with Gasteiger partial charge in [0.1, 0.15) is 11.3 Å². The summed E-state index contributed by atoms with van der Waals surface area (Å²) >= 11 is 0. The number of imidazole rings is 1. The molecule has 3 nitrogen and oxygen atoms in total. The number of hydrogen-bond donors (Lipinski definition) is 1. The first-order chi connectivity index (χ1) is 10.1. The third kappa shape index (κ3) is 2.44. The predicted octanol–water partition coefficient (Wildman–Crippen LogP) is 3.28. The molecule has 1 aromatic heterocycles. The lowest BCUT2D eigenvalue weighted by Crippen LogP contribution is -2.07. The van der Waals surface area contributed by atoms with Gasteiger partial charge in [-0.15, -0.1) is 0 Å². The van der Waals surface area contributed by atoms with Crippen molar-refractivity contribution in [3.63, 3.8) is 0 Å². The van der Waals surface area contributed by atoms with E-state index in [0.717, 1.165) is 11.6 Å². The van der Waals surface area contributed by atoms with Crippen molar-refractivity contribution in [2.75, 3.05) is 5.73 Å². The molecule has 21 heavy (non-hydrogen) atoms. The molecule has 0 fully saturated rings. The summed E-state index contributed by atoms with van der Waals surface area (Å²) < 4.78 is 41.8. The van der Waals surface area contributed by atoms with E-state index in [2.05, 4.69) is 4.98 Å². The fraction of sp³-hybridized carbons (Fsp3) is 0.133. The molecule has 0 atom stereocenters. The number of hydrogen-bond acceptors (Lipinski definition) is 2. The van der Waals surface area contributed by atoms with Gasteiger partial charge < -0.3 is 10.3 Å². The van der Waals surface area contributed by atoms with Gasteiger partial charge >= 0.3 is 0 Å². The fourth-order valence-electron chi connectivity index (χ4n) is 2.33. The number of nitrogen functional groups attached to an aromatic ring is 1. The second kappa shape index (κ2) is 5.12. The lowest BCUT2D eigenvalue weighted by molar-refractivity contribution is 0.511. The third-order valence-corrected chi connectivity index (χ3v) is 3.34. The molecule has 3 rings (SSSR count). The van der Waals surface area contributed by atoms with Crippen LogP contribution in [0.4, 0.5) is 19.1 Å². The molecular weight excluding hydrogens is 279 g/mol. The SMILES string of the molecule is Nc1nc2ccc(F)c(F)c2n1CCc1cccc(F)c1. The number of anilines is 1. The number of nitrogens with zero attached hydrogens (tertiary/aromatic N) is 2. The number of aromatic nitrogens is 2. The maximum Gasteiger partial charge on any atom is 0.201 e. The smallest absolute Gasteiger partial charge is 0.201 e. The van der Waals surface area contributed by atoms with Crippen LogP contribution in [0.2, 0.25) is 0 Å². The molecule has 6 heteroatoms. The summed E-state index contributed by atoms with van der Waals surface area (Å²) in [6.07, 6.45) is 0.434. The van der Waals surface area contributed by atoms with E-state index in [9.17, 15) is 13.2 Å². The van der Waals surface area contributed by atoms with Crippen LogP contribution in [0.3, 0.4) is 0 Å². The molecule has 0 aliphatic heterocycles. The van der Waals surface area contributed by atoms with E-state index in [1.807, 2.05) is 0 Å². The largest absolute Gasteiger partial charge is 0.369 e. The third-order valence-electron chi connectivity index (χ3n) is 3.34. The fourth-order valence-corrected chi connectivity index (χ4v) is 2.33. The average molecular weight is 291 g/mol. The van der Waals surface area contributed by atoms with Crippen molar-refractivity contribution in [2.24, 2.45) is 0 Å². The molecule has 3 aromatic rings. The molecule has 0 unspecified atom stereocenters. The summed E-state index contributed by atoms with van der Waals surface area (Å²) in [5.74, 6) is -2.16. The van der Waals surface area contributed by atoms with Gasteiger partial charge in [-0.05, 0) is 36.2 Å². The second-order valence-corrected chi connectivity index (χ2v) is 4.73. The van der Waals surface area contributed by atoms with Gasteiger partial charge in [0, 0.05) is 6.54 Å². The van der Waals surface area contributed by atoms with E-state index in [4.69, 9.17) is 5.73 Å². The number of benzene rings is 2. The summed E-state index contributed by atoms with van der Waals surface area (Å²) in [6, 6.07) is 8.49. The molecule has 0 saturated heterocycles. The Morgan fingerprint density at radius 3 is 2.67 bits per heavy atom. The number of halogens is 3. The van der Waals surface area contributed by atoms with Crippen LogP contribution in [-0.2, 0) is 13.0 Å². The number of nitrogens with two attached hydrogens (primary N) is 1. The first-order valence-electron chi connectivity index (χ1n) is 6.40. The van der Waals surface area contributed by atoms with Crippen molar-refractivity contribution < 1.29 is 13.2 Å². The van der Waals surface area contributed by atoms with Gasteiger partial charge in [0.15, 0.2) is 11.6 Å². The quantitative estimate of drug-likeness (QED) is 0.805. The molecule has 2 aromatic carbocycles. The molecule has 0 radical (unpaired) electrons. The zero-order valence-electron chi connectivity index (χ0n) is 11.0. The van der Waals surface area contributed by atoms with Crippen LogP contribution in [0, 0.1) is 17.5 Å². The van der Waals surface area contributed by atoms with Gasteiger partial charge in [-0.1, -0.05) is 12.1 Å². The topological polar surface area (TPSA) is 43.8 Å².